The van der Waals surface area contributed by atoms with E-state index in [2.05, 4.69) is 0 Å². The zero-order valence-corrected chi connectivity index (χ0v) is 20.1. The molecule has 0 saturated heterocycles. The van der Waals surface area contributed by atoms with Gasteiger partial charge in [0.2, 0.25) is 0 Å². The molecule has 3 aromatic carbocycles. The van der Waals surface area contributed by atoms with Crippen molar-refractivity contribution in [2.45, 2.75) is 26.1 Å². The third-order valence-corrected chi connectivity index (χ3v) is 6.09. The van der Waals surface area contributed by atoms with Gasteiger partial charge in [0.15, 0.2) is 0 Å². The molecule has 1 unspecified atom stereocenters. The fourth-order valence-electron chi connectivity index (χ4n) is 4.02. The summed E-state index contributed by atoms with van der Waals surface area (Å²) >= 11 is 0. The molecule has 1 heterocycles. The average Bonchev–Trinajstić information content (AvgIpc) is 2.87. The lowest BCUT2D eigenvalue weighted by atomic mass is 10.1. The second kappa shape index (κ2) is 9.49. The molecule has 0 aliphatic rings. The number of halogens is 3. The summed E-state index contributed by atoms with van der Waals surface area (Å²) in [6, 6.07) is 15.6. The van der Waals surface area contributed by atoms with E-state index in [1.165, 1.54) is 35.8 Å². The zero-order chi connectivity index (χ0) is 26.2. The number of para-hydroxylation sites is 1. The van der Waals surface area contributed by atoms with Crippen LogP contribution in [0.25, 0.3) is 16.6 Å². The molecule has 0 spiro atoms. The molecule has 6 nitrogen and oxygen atoms in total. The minimum atomic E-state index is -4.58. The predicted molar refractivity (Wildman–Crippen MR) is 131 cm³/mol. The Bertz CT molecular complexity index is 1510. The molecule has 1 aromatic heterocycles. The Hall–Kier alpha value is -4.14. The van der Waals surface area contributed by atoms with Gasteiger partial charge in [0.25, 0.3) is 11.5 Å². The monoisotopic (exact) mass is 495 g/mol. The van der Waals surface area contributed by atoms with Crippen molar-refractivity contribution < 1.29 is 22.7 Å². The summed E-state index contributed by atoms with van der Waals surface area (Å²) in [5.74, 6) is 0.0317. The van der Waals surface area contributed by atoms with E-state index in [-0.39, 0.29) is 16.9 Å². The molecule has 0 N–H and O–H groups in total. The lowest BCUT2D eigenvalue weighted by molar-refractivity contribution is -0.137. The standard InChI is InChI=1S/C27H24F3N3O3/c1-16-12-13-23(36-4)22(14-16)33-24(31-21-11-6-5-10-20(21)26(33)35)17(2)32(3)25(34)18-8-7-9-19(15-18)27(28,29)30/h5-15,17H,1-4H3. The highest BCUT2D eigenvalue weighted by Crippen LogP contribution is 2.31. The third-order valence-electron chi connectivity index (χ3n) is 6.09. The van der Waals surface area contributed by atoms with Crippen LogP contribution in [0.4, 0.5) is 13.2 Å². The molecule has 36 heavy (non-hydrogen) atoms. The summed E-state index contributed by atoms with van der Waals surface area (Å²) in [4.78, 5) is 32.9. The summed E-state index contributed by atoms with van der Waals surface area (Å²) in [6.45, 7) is 3.54. The highest BCUT2D eigenvalue weighted by atomic mass is 19.4. The van der Waals surface area contributed by atoms with Crippen molar-refractivity contribution in [3.63, 3.8) is 0 Å². The number of benzene rings is 3. The molecular weight excluding hydrogens is 471 g/mol. The number of nitrogens with zero attached hydrogens (tertiary/aromatic N) is 3. The van der Waals surface area contributed by atoms with Gasteiger partial charge in [-0.25, -0.2) is 4.98 Å². The van der Waals surface area contributed by atoms with Crippen LogP contribution in [0.3, 0.4) is 0 Å². The van der Waals surface area contributed by atoms with Crippen molar-refractivity contribution in [3.05, 3.63) is 99.6 Å². The van der Waals surface area contributed by atoms with Crippen molar-refractivity contribution in [3.8, 4) is 11.4 Å². The van der Waals surface area contributed by atoms with Gasteiger partial charge < -0.3 is 9.64 Å². The van der Waals surface area contributed by atoms with Crippen LogP contribution in [-0.4, -0.2) is 34.5 Å². The Morgan fingerprint density at radius 3 is 2.47 bits per heavy atom. The van der Waals surface area contributed by atoms with Crippen molar-refractivity contribution in [1.29, 1.82) is 0 Å². The van der Waals surface area contributed by atoms with Crippen molar-refractivity contribution in [2.75, 3.05) is 14.2 Å². The van der Waals surface area contributed by atoms with Gasteiger partial charge in [-0.1, -0.05) is 24.3 Å². The Balaban J connectivity index is 1.88. The van der Waals surface area contributed by atoms with Gasteiger partial charge in [-0.05, 0) is 61.9 Å². The number of fused-ring (bicyclic) bond motifs is 1. The largest absolute Gasteiger partial charge is 0.495 e. The van der Waals surface area contributed by atoms with E-state index in [0.29, 0.717) is 22.3 Å². The third kappa shape index (κ3) is 4.56. The van der Waals surface area contributed by atoms with Gasteiger partial charge in [0.1, 0.15) is 11.6 Å². The summed E-state index contributed by atoms with van der Waals surface area (Å²) in [7, 11) is 2.95. The van der Waals surface area contributed by atoms with Gasteiger partial charge in [-0.15, -0.1) is 0 Å². The predicted octanol–water partition coefficient (Wildman–Crippen LogP) is 5.55. The summed E-state index contributed by atoms with van der Waals surface area (Å²) in [6.07, 6.45) is -4.58. The van der Waals surface area contributed by atoms with Gasteiger partial charge in [0.05, 0.1) is 35.3 Å². The molecule has 0 fully saturated rings. The van der Waals surface area contributed by atoms with Crippen molar-refractivity contribution in [1.82, 2.24) is 14.5 Å². The minimum Gasteiger partial charge on any atom is -0.495 e. The zero-order valence-electron chi connectivity index (χ0n) is 20.1. The first-order valence-electron chi connectivity index (χ1n) is 11.1. The second-order valence-electron chi connectivity index (χ2n) is 8.47. The number of ether oxygens (including phenoxy) is 1. The molecule has 0 saturated carbocycles. The van der Waals surface area contributed by atoms with E-state index < -0.39 is 23.7 Å². The Morgan fingerprint density at radius 1 is 1.06 bits per heavy atom. The number of hydrogen-bond acceptors (Lipinski definition) is 4. The Morgan fingerprint density at radius 2 is 1.78 bits per heavy atom. The molecule has 186 valence electrons. The minimum absolute atomic E-state index is 0.123. The van der Waals surface area contributed by atoms with E-state index in [9.17, 15) is 22.8 Å². The van der Waals surface area contributed by atoms with Gasteiger partial charge in [0, 0.05) is 12.6 Å². The van der Waals surface area contributed by atoms with Crippen LogP contribution in [0.1, 0.15) is 40.3 Å². The van der Waals surface area contributed by atoms with Crippen LogP contribution in [0, 0.1) is 6.92 Å². The number of hydrogen-bond donors (Lipinski definition) is 0. The molecule has 1 atom stereocenters. The maximum absolute atomic E-state index is 13.7. The van der Waals surface area contributed by atoms with E-state index >= 15 is 0 Å². The van der Waals surface area contributed by atoms with Crippen LogP contribution in [0.15, 0.2) is 71.5 Å². The van der Waals surface area contributed by atoms with E-state index in [0.717, 1.165) is 17.7 Å². The lowest BCUT2D eigenvalue weighted by Gasteiger charge is -2.28. The molecule has 0 bridgehead atoms. The van der Waals surface area contributed by atoms with Crippen LogP contribution in [0.5, 0.6) is 5.75 Å². The molecule has 9 heteroatoms. The molecule has 0 radical (unpaired) electrons. The number of methoxy groups -OCH3 is 1. The second-order valence-corrected chi connectivity index (χ2v) is 8.47. The lowest BCUT2D eigenvalue weighted by Crippen LogP contribution is -2.35. The number of carbonyl (C=O) groups excluding carboxylic acids is 1. The van der Waals surface area contributed by atoms with Crippen LogP contribution in [0.2, 0.25) is 0 Å². The van der Waals surface area contributed by atoms with Gasteiger partial charge in [-0.3, -0.25) is 14.2 Å². The number of alkyl halides is 3. The first kappa shape index (κ1) is 25.0. The highest BCUT2D eigenvalue weighted by Gasteiger charge is 2.32. The number of aromatic nitrogens is 2. The van der Waals surface area contributed by atoms with Crippen molar-refractivity contribution in [2.24, 2.45) is 0 Å². The Kier molecular flexibility index (Phi) is 6.58. The molecular formula is C27H24F3N3O3. The van der Waals surface area contributed by atoms with Gasteiger partial charge >= 0.3 is 6.18 Å². The number of aryl methyl sites for hydroxylation is 1. The Labute approximate surface area is 205 Å². The maximum atomic E-state index is 13.7. The van der Waals surface area contributed by atoms with E-state index in [1.54, 1.807) is 43.3 Å². The summed E-state index contributed by atoms with van der Waals surface area (Å²) in [5, 5.41) is 0.379. The average molecular weight is 496 g/mol. The summed E-state index contributed by atoms with van der Waals surface area (Å²) < 4.78 is 46.5. The number of rotatable bonds is 5. The fourth-order valence-corrected chi connectivity index (χ4v) is 4.02. The topological polar surface area (TPSA) is 64.4 Å². The van der Waals surface area contributed by atoms with Crippen LogP contribution >= 0.6 is 0 Å². The number of carbonyl (C=O) groups is 1. The first-order chi connectivity index (χ1) is 17.0. The first-order valence-corrected chi connectivity index (χ1v) is 11.1. The smallest absolute Gasteiger partial charge is 0.416 e. The fraction of sp³-hybridized carbons (Fsp3) is 0.222. The molecule has 4 rings (SSSR count). The van der Waals surface area contributed by atoms with E-state index in [4.69, 9.17) is 9.72 Å². The molecule has 1 amide bonds. The van der Waals surface area contributed by atoms with Crippen LogP contribution in [-0.2, 0) is 6.18 Å². The highest BCUT2D eigenvalue weighted by molar-refractivity contribution is 5.94. The molecule has 0 aliphatic heterocycles. The quantitative estimate of drug-likeness (QED) is 0.364. The van der Waals surface area contributed by atoms with Crippen molar-refractivity contribution >= 4 is 16.8 Å². The maximum Gasteiger partial charge on any atom is 0.416 e. The summed E-state index contributed by atoms with van der Waals surface area (Å²) in [5.41, 5.74) is 0.362. The SMILES string of the molecule is COc1ccc(C)cc1-n1c(C(C)N(C)C(=O)c2cccc(C(F)(F)F)c2)nc2ccccc2c1=O. The van der Waals surface area contributed by atoms with Crippen LogP contribution < -0.4 is 10.3 Å². The molecule has 0 aliphatic carbocycles. The van der Waals surface area contributed by atoms with E-state index in [1.807, 2.05) is 13.0 Å². The van der Waals surface area contributed by atoms with Gasteiger partial charge in [-0.2, -0.15) is 13.2 Å². The normalized spacial score (nSPS) is 12.4. The number of amides is 1. The molecule has 4 aromatic rings.